The summed E-state index contributed by atoms with van der Waals surface area (Å²) in [5, 5.41) is 13.0. The van der Waals surface area contributed by atoms with Crippen LogP contribution in [0.15, 0.2) is 18.2 Å². The Hall–Kier alpha value is -1.42. The summed E-state index contributed by atoms with van der Waals surface area (Å²) in [6.07, 6.45) is 1.89. The first kappa shape index (κ1) is 16.6. The van der Waals surface area contributed by atoms with Crippen molar-refractivity contribution in [2.24, 2.45) is 5.41 Å². The molecular weight excluding hydrogens is 254 g/mol. The number of nitrogens with one attached hydrogen (secondary N) is 1. The summed E-state index contributed by atoms with van der Waals surface area (Å²) in [4.78, 5) is 0. The lowest BCUT2D eigenvalue weighted by Gasteiger charge is -2.30. The topological polar surface area (TPSA) is 50.7 Å². The first-order valence-corrected chi connectivity index (χ1v) is 7.30. The van der Waals surface area contributed by atoms with Gasteiger partial charge in [0.25, 0.3) is 0 Å². The molecule has 0 aliphatic carbocycles. The smallest absolute Gasteiger partial charge is 0.162 e. The summed E-state index contributed by atoms with van der Waals surface area (Å²) >= 11 is 0. The van der Waals surface area contributed by atoms with Crippen LogP contribution in [0.1, 0.15) is 33.6 Å². The Labute approximate surface area is 122 Å². The molecule has 2 N–H and O–H groups in total. The van der Waals surface area contributed by atoms with Crippen molar-refractivity contribution in [2.45, 2.75) is 33.6 Å². The van der Waals surface area contributed by atoms with Gasteiger partial charge in [-0.1, -0.05) is 13.8 Å². The lowest BCUT2D eigenvalue weighted by Crippen LogP contribution is -2.32. The van der Waals surface area contributed by atoms with Crippen molar-refractivity contribution in [1.29, 1.82) is 0 Å². The molecule has 1 rings (SSSR count). The van der Waals surface area contributed by atoms with Crippen LogP contribution in [0.3, 0.4) is 0 Å². The van der Waals surface area contributed by atoms with E-state index in [1.807, 2.05) is 25.1 Å². The first-order chi connectivity index (χ1) is 9.64. The molecule has 4 nitrogen and oxygen atoms in total. The summed E-state index contributed by atoms with van der Waals surface area (Å²) in [7, 11) is 1.64. The minimum atomic E-state index is -0.0637. The van der Waals surface area contributed by atoms with Crippen LogP contribution in [-0.2, 0) is 0 Å². The largest absolute Gasteiger partial charge is 0.493 e. The Kier molecular flexibility index (Phi) is 6.65. The van der Waals surface area contributed by atoms with Crippen LogP contribution in [0.2, 0.25) is 0 Å². The molecule has 1 aromatic rings. The molecule has 0 atom stereocenters. The molecule has 0 aliphatic rings. The van der Waals surface area contributed by atoms with Crippen LogP contribution in [0.5, 0.6) is 11.5 Å². The van der Waals surface area contributed by atoms with Crippen LogP contribution >= 0.6 is 0 Å². The van der Waals surface area contributed by atoms with Gasteiger partial charge in [-0.25, -0.2) is 0 Å². The lowest BCUT2D eigenvalue weighted by molar-refractivity contribution is 0.127. The van der Waals surface area contributed by atoms with Crippen LogP contribution in [0.4, 0.5) is 5.69 Å². The molecule has 20 heavy (non-hydrogen) atoms. The number of aliphatic hydroxyl groups is 1. The van der Waals surface area contributed by atoms with Gasteiger partial charge in [0.1, 0.15) is 0 Å². The van der Waals surface area contributed by atoms with E-state index in [1.165, 1.54) is 0 Å². The van der Waals surface area contributed by atoms with Crippen LogP contribution < -0.4 is 14.8 Å². The Bertz CT molecular complexity index is 394. The Balaban J connectivity index is 2.78. The predicted octanol–water partition coefficient (Wildman–Crippen LogP) is 3.30. The fourth-order valence-electron chi connectivity index (χ4n) is 2.12. The average Bonchev–Trinajstić information content (AvgIpc) is 2.50. The normalized spacial score (nSPS) is 11.2. The van der Waals surface area contributed by atoms with Crippen molar-refractivity contribution in [3.8, 4) is 11.5 Å². The highest BCUT2D eigenvalue weighted by molar-refractivity contribution is 5.54. The maximum Gasteiger partial charge on any atom is 0.162 e. The third-order valence-corrected chi connectivity index (χ3v) is 3.97. The number of aliphatic hydroxyl groups excluding tert-OH is 1. The molecule has 0 spiro atoms. The molecule has 0 heterocycles. The molecule has 0 fully saturated rings. The zero-order valence-corrected chi connectivity index (χ0v) is 13.0. The van der Waals surface area contributed by atoms with E-state index in [9.17, 15) is 5.11 Å². The average molecular weight is 281 g/mol. The Morgan fingerprint density at radius 1 is 1.15 bits per heavy atom. The maximum absolute atomic E-state index is 9.58. The molecule has 0 aromatic heterocycles. The Morgan fingerprint density at radius 2 is 1.85 bits per heavy atom. The highest BCUT2D eigenvalue weighted by Crippen LogP contribution is 2.31. The molecule has 114 valence electrons. The van der Waals surface area contributed by atoms with E-state index in [0.29, 0.717) is 6.61 Å². The van der Waals surface area contributed by atoms with Crippen LogP contribution in [0, 0.1) is 5.41 Å². The molecule has 0 saturated carbocycles. The van der Waals surface area contributed by atoms with Crippen molar-refractivity contribution in [2.75, 3.05) is 32.2 Å². The zero-order valence-electron chi connectivity index (χ0n) is 13.0. The van der Waals surface area contributed by atoms with Crippen molar-refractivity contribution >= 4 is 5.69 Å². The third-order valence-electron chi connectivity index (χ3n) is 3.97. The van der Waals surface area contributed by atoms with E-state index in [0.717, 1.165) is 36.6 Å². The summed E-state index contributed by atoms with van der Waals surface area (Å²) in [6, 6.07) is 5.81. The highest BCUT2D eigenvalue weighted by Gasteiger charge is 2.24. The van der Waals surface area contributed by atoms with E-state index < -0.39 is 0 Å². The van der Waals surface area contributed by atoms with Gasteiger partial charge in [0.2, 0.25) is 0 Å². The number of anilines is 1. The molecule has 0 unspecified atom stereocenters. The predicted molar refractivity (Wildman–Crippen MR) is 82.8 cm³/mol. The molecular formula is C16H27NO3. The van der Waals surface area contributed by atoms with E-state index in [2.05, 4.69) is 19.2 Å². The van der Waals surface area contributed by atoms with Gasteiger partial charge < -0.3 is 19.9 Å². The second kappa shape index (κ2) is 8.00. The molecule has 1 aromatic carbocycles. The molecule has 4 heteroatoms. The van der Waals surface area contributed by atoms with Crippen molar-refractivity contribution in [3.63, 3.8) is 0 Å². The second-order valence-corrected chi connectivity index (χ2v) is 5.02. The second-order valence-electron chi connectivity index (χ2n) is 5.02. The maximum atomic E-state index is 9.58. The van der Waals surface area contributed by atoms with E-state index >= 15 is 0 Å². The fourth-order valence-corrected chi connectivity index (χ4v) is 2.12. The van der Waals surface area contributed by atoms with Gasteiger partial charge in [-0.15, -0.1) is 0 Å². The van der Waals surface area contributed by atoms with Gasteiger partial charge in [0.05, 0.1) is 20.3 Å². The highest BCUT2D eigenvalue weighted by atomic mass is 16.5. The summed E-state index contributed by atoms with van der Waals surface area (Å²) in [5.74, 6) is 1.47. The Morgan fingerprint density at radius 3 is 2.35 bits per heavy atom. The van der Waals surface area contributed by atoms with Gasteiger partial charge in [0, 0.05) is 23.7 Å². The van der Waals surface area contributed by atoms with Gasteiger partial charge >= 0.3 is 0 Å². The van der Waals surface area contributed by atoms with E-state index in [1.54, 1.807) is 7.11 Å². The number of rotatable bonds is 9. The van der Waals surface area contributed by atoms with Crippen molar-refractivity contribution < 1.29 is 14.6 Å². The summed E-state index contributed by atoms with van der Waals surface area (Å²) in [5.41, 5.74) is 0.913. The standard InChI is InChI=1S/C16H27NO3/c1-5-16(6-2,12-18)11-17-13-8-9-14(20-7-3)15(10-13)19-4/h8-10,17-18H,5-7,11-12H2,1-4H3. The lowest BCUT2D eigenvalue weighted by atomic mass is 9.83. The number of ether oxygens (including phenoxy) is 2. The SMILES string of the molecule is CCOc1ccc(NCC(CC)(CC)CO)cc1OC. The molecule has 0 radical (unpaired) electrons. The molecule has 0 aliphatic heterocycles. The van der Waals surface area contributed by atoms with Gasteiger partial charge in [-0.2, -0.15) is 0 Å². The zero-order chi connectivity index (χ0) is 15.0. The minimum Gasteiger partial charge on any atom is -0.493 e. The third kappa shape index (κ3) is 4.04. The van der Waals surface area contributed by atoms with Crippen molar-refractivity contribution in [1.82, 2.24) is 0 Å². The van der Waals surface area contributed by atoms with Gasteiger partial charge in [-0.05, 0) is 31.9 Å². The number of hydrogen-bond donors (Lipinski definition) is 2. The fraction of sp³-hybridized carbons (Fsp3) is 0.625. The number of benzene rings is 1. The van der Waals surface area contributed by atoms with E-state index in [-0.39, 0.29) is 12.0 Å². The quantitative estimate of drug-likeness (QED) is 0.729. The minimum absolute atomic E-state index is 0.0637. The van der Waals surface area contributed by atoms with Gasteiger partial charge in [0.15, 0.2) is 11.5 Å². The van der Waals surface area contributed by atoms with Crippen LogP contribution in [-0.4, -0.2) is 32.0 Å². The number of methoxy groups -OCH3 is 1. The summed E-state index contributed by atoms with van der Waals surface area (Å²) in [6.45, 7) is 7.72. The summed E-state index contributed by atoms with van der Waals surface area (Å²) < 4.78 is 10.8. The van der Waals surface area contributed by atoms with Crippen molar-refractivity contribution in [3.05, 3.63) is 18.2 Å². The first-order valence-electron chi connectivity index (χ1n) is 7.30. The van der Waals surface area contributed by atoms with E-state index in [4.69, 9.17) is 9.47 Å². The number of hydrogen-bond acceptors (Lipinski definition) is 4. The van der Waals surface area contributed by atoms with Crippen LogP contribution in [0.25, 0.3) is 0 Å². The molecule has 0 amide bonds. The molecule has 0 bridgehead atoms. The van der Waals surface area contributed by atoms with Gasteiger partial charge in [-0.3, -0.25) is 0 Å². The molecule has 0 saturated heterocycles. The monoisotopic (exact) mass is 281 g/mol.